The van der Waals surface area contributed by atoms with Gasteiger partial charge in [-0.25, -0.2) is 9.59 Å². The Labute approximate surface area is 138 Å². The van der Waals surface area contributed by atoms with Crippen LogP contribution in [0.1, 0.15) is 33.6 Å². The molecule has 0 aromatic rings. The van der Waals surface area contributed by atoms with Gasteiger partial charge < -0.3 is 20.1 Å². The van der Waals surface area contributed by atoms with Crippen LogP contribution in [0.15, 0.2) is 0 Å². The second-order valence-corrected chi connectivity index (χ2v) is 7.04. The van der Waals surface area contributed by atoms with Crippen molar-refractivity contribution in [2.45, 2.75) is 45.3 Å². The van der Waals surface area contributed by atoms with Crippen molar-refractivity contribution in [3.05, 3.63) is 0 Å². The Balaban J connectivity index is 2.50. The third-order valence-corrected chi connectivity index (χ3v) is 4.11. The van der Waals surface area contributed by atoms with Crippen molar-refractivity contribution in [3.8, 4) is 0 Å². The highest BCUT2D eigenvalue weighted by Crippen LogP contribution is 2.20. The molecular weight excluding hydrogens is 356 g/mol. The standard InChI is InChI=1S/C14H23BrN2O5/c1-14(2,3)22-13(21)16-10(12(19)20)4-5-17-8-9(7-15)6-11(17)18/h9-10H,4-8H2,1-3H3,(H,16,21)(H,19,20)/t9?,10-/m0/s1. The van der Waals surface area contributed by atoms with Gasteiger partial charge in [0.2, 0.25) is 5.91 Å². The van der Waals surface area contributed by atoms with Crippen molar-refractivity contribution in [1.82, 2.24) is 10.2 Å². The van der Waals surface area contributed by atoms with E-state index >= 15 is 0 Å². The number of hydrogen-bond donors (Lipinski definition) is 2. The second kappa shape index (κ2) is 7.80. The van der Waals surface area contributed by atoms with Crippen molar-refractivity contribution < 1.29 is 24.2 Å². The van der Waals surface area contributed by atoms with Crippen LogP contribution in [0.5, 0.6) is 0 Å². The van der Waals surface area contributed by atoms with E-state index < -0.39 is 23.7 Å². The second-order valence-electron chi connectivity index (χ2n) is 6.39. The molecule has 1 heterocycles. The number of carbonyl (C=O) groups is 3. The molecule has 1 fully saturated rings. The lowest BCUT2D eigenvalue weighted by molar-refractivity contribution is -0.140. The molecule has 1 aliphatic rings. The SMILES string of the molecule is CC(C)(C)OC(=O)N[C@@H](CCN1CC(CBr)CC1=O)C(=O)O. The largest absolute Gasteiger partial charge is 0.480 e. The van der Waals surface area contributed by atoms with Crippen LogP contribution < -0.4 is 5.32 Å². The number of nitrogens with zero attached hydrogens (tertiary/aromatic N) is 1. The minimum atomic E-state index is -1.14. The maximum atomic E-state index is 11.8. The Kier molecular flexibility index (Phi) is 6.65. The van der Waals surface area contributed by atoms with Gasteiger partial charge in [0.1, 0.15) is 11.6 Å². The molecule has 7 nitrogen and oxygen atoms in total. The summed E-state index contributed by atoms with van der Waals surface area (Å²) in [6.07, 6.45) is -0.149. The van der Waals surface area contributed by atoms with E-state index in [4.69, 9.17) is 4.74 Å². The molecule has 126 valence electrons. The highest BCUT2D eigenvalue weighted by atomic mass is 79.9. The number of carbonyl (C=O) groups excluding carboxylic acids is 2. The first kappa shape index (κ1) is 18.7. The highest BCUT2D eigenvalue weighted by Gasteiger charge is 2.30. The molecule has 0 aromatic heterocycles. The van der Waals surface area contributed by atoms with Gasteiger partial charge in [-0.2, -0.15) is 0 Å². The zero-order chi connectivity index (χ0) is 16.9. The van der Waals surface area contributed by atoms with Gasteiger partial charge in [0.25, 0.3) is 0 Å². The Morgan fingerprint density at radius 2 is 2.14 bits per heavy atom. The summed E-state index contributed by atoms with van der Waals surface area (Å²) in [4.78, 5) is 36.3. The molecule has 22 heavy (non-hydrogen) atoms. The molecule has 0 radical (unpaired) electrons. The number of rotatable bonds is 6. The molecule has 8 heteroatoms. The fraction of sp³-hybridized carbons (Fsp3) is 0.786. The molecule has 0 saturated carbocycles. The molecule has 1 aliphatic heterocycles. The number of nitrogens with one attached hydrogen (secondary N) is 1. The van der Waals surface area contributed by atoms with E-state index in [2.05, 4.69) is 21.2 Å². The average molecular weight is 379 g/mol. The number of carboxylic acids is 1. The van der Waals surface area contributed by atoms with Gasteiger partial charge in [-0.3, -0.25) is 4.79 Å². The molecule has 0 spiro atoms. The van der Waals surface area contributed by atoms with E-state index in [1.165, 1.54) is 0 Å². The van der Waals surface area contributed by atoms with Gasteiger partial charge in [0.15, 0.2) is 0 Å². The fourth-order valence-electron chi connectivity index (χ4n) is 2.17. The molecule has 1 saturated heterocycles. The summed E-state index contributed by atoms with van der Waals surface area (Å²) in [6, 6.07) is -1.08. The van der Waals surface area contributed by atoms with Crippen LogP contribution >= 0.6 is 15.9 Å². The summed E-state index contributed by atoms with van der Waals surface area (Å²) in [5.41, 5.74) is -0.693. The lowest BCUT2D eigenvalue weighted by Crippen LogP contribution is -2.45. The van der Waals surface area contributed by atoms with E-state index in [1.54, 1.807) is 25.7 Å². The van der Waals surface area contributed by atoms with Gasteiger partial charge in [-0.1, -0.05) is 15.9 Å². The van der Waals surface area contributed by atoms with Crippen molar-refractivity contribution in [2.24, 2.45) is 5.92 Å². The predicted molar refractivity (Wildman–Crippen MR) is 83.9 cm³/mol. The van der Waals surface area contributed by atoms with Gasteiger partial charge in [0, 0.05) is 24.8 Å². The monoisotopic (exact) mass is 378 g/mol. The number of carboxylic acid groups (broad SMARTS) is 1. The molecular formula is C14H23BrN2O5. The van der Waals surface area contributed by atoms with Crippen molar-refractivity contribution in [2.75, 3.05) is 18.4 Å². The molecule has 1 rings (SSSR count). The summed E-state index contributed by atoms with van der Waals surface area (Å²) < 4.78 is 5.05. The molecule has 0 bridgehead atoms. The topological polar surface area (TPSA) is 95.9 Å². The van der Waals surface area contributed by atoms with E-state index in [0.717, 1.165) is 5.33 Å². The van der Waals surface area contributed by atoms with Crippen LogP contribution in [0.4, 0.5) is 4.79 Å². The van der Waals surface area contributed by atoms with Crippen LogP contribution in [-0.2, 0) is 14.3 Å². The Hall–Kier alpha value is -1.31. The number of aliphatic carboxylic acids is 1. The van der Waals surface area contributed by atoms with E-state index in [9.17, 15) is 19.5 Å². The smallest absolute Gasteiger partial charge is 0.408 e. The van der Waals surface area contributed by atoms with E-state index in [1.807, 2.05) is 0 Å². The van der Waals surface area contributed by atoms with Crippen LogP contribution in [-0.4, -0.2) is 58.0 Å². The third kappa shape index (κ3) is 6.21. The number of halogens is 1. The van der Waals surface area contributed by atoms with Gasteiger partial charge >= 0.3 is 12.1 Å². The quantitative estimate of drug-likeness (QED) is 0.684. The maximum Gasteiger partial charge on any atom is 0.408 e. The van der Waals surface area contributed by atoms with Crippen molar-refractivity contribution in [3.63, 3.8) is 0 Å². The predicted octanol–water partition coefficient (Wildman–Crippen LogP) is 1.60. The van der Waals surface area contributed by atoms with Gasteiger partial charge in [0.05, 0.1) is 0 Å². The number of amides is 2. The highest BCUT2D eigenvalue weighted by molar-refractivity contribution is 9.09. The summed E-state index contributed by atoms with van der Waals surface area (Å²) in [7, 11) is 0. The maximum absolute atomic E-state index is 11.8. The zero-order valence-corrected chi connectivity index (χ0v) is 14.7. The normalized spacial score (nSPS) is 19.9. The van der Waals surface area contributed by atoms with E-state index in [0.29, 0.717) is 19.5 Å². The lowest BCUT2D eigenvalue weighted by Gasteiger charge is -2.23. The van der Waals surface area contributed by atoms with Crippen LogP contribution in [0.25, 0.3) is 0 Å². The average Bonchev–Trinajstić information content (AvgIpc) is 2.72. The summed E-state index contributed by atoms with van der Waals surface area (Å²) >= 11 is 3.35. The first-order valence-electron chi connectivity index (χ1n) is 7.18. The van der Waals surface area contributed by atoms with Crippen LogP contribution in [0, 0.1) is 5.92 Å². The summed E-state index contributed by atoms with van der Waals surface area (Å²) in [5.74, 6) is -0.866. The van der Waals surface area contributed by atoms with Crippen LogP contribution in [0.2, 0.25) is 0 Å². The lowest BCUT2D eigenvalue weighted by atomic mass is 10.1. The summed E-state index contributed by atoms with van der Waals surface area (Å²) in [6.45, 7) is 6.01. The minimum absolute atomic E-state index is 0.0193. The molecule has 2 atom stereocenters. The molecule has 1 unspecified atom stereocenters. The Bertz CT molecular complexity index is 435. The first-order valence-corrected chi connectivity index (χ1v) is 8.30. The van der Waals surface area contributed by atoms with Crippen LogP contribution in [0.3, 0.4) is 0 Å². The Morgan fingerprint density at radius 1 is 1.50 bits per heavy atom. The van der Waals surface area contributed by atoms with Crippen molar-refractivity contribution in [1.29, 1.82) is 0 Å². The number of hydrogen-bond acceptors (Lipinski definition) is 4. The number of alkyl carbamates (subject to hydrolysis) is 1. The van der Waals surface area contributed by atoms with Crippen molar-refractivity contribution >= 4 is 33.9 Å². The third-order valence-electron chi connectivity index (χ3n) is 3.19. The molecule has 2 amide bonds. The minimum Gasteiger partial charge on any atom is -0.480 e. The number of likely N-dealkylation sites (tertiary alicyclic amines) is 1. The van der Waals surface area contributed by atoms with Gasteiger partial charge in [-0.15, -0.1) is 0 Å². The number of ether oxygens (including phenoxy) is 1. The number of alkyl halides is 1. The molecule has 2 N–H and O–H groups in total. The summed E-state index contributed by atoms with van der Waals surface area (Å²) in [5, 5.41) is 12.3. The molecule has 0 aliphatic carbocycles. The Morgan fingerprint density at radius 3 is 2.59 bits per heavy atom. The molecule has 0 aromatic carbocycles. The fourth-order valence-corrected chi connectivity index (χ4v) is 2.60. The van der Waals surface area contributed by atoms with Gasteiger partial charge in [-0.05, 0) is 33.1 Å². The van der Waals surface area contributed by atoms with E-state index in [-0.39, 0.29) is 18.2 Å². The zero-order valence-electron chi connectivity index (χ0n) is 13.1. The first-order chi connectivity index (χ1) is 10.1.